The second-order valence-electron chi connectivity index (χ2n) is 4.64. The Morgan fingerprint density at radius 3 is 2.30 bits per heavy atom. The first-order chi connectivity index (χ1) is 11.1. The lowest BCUT2D eigenvalue weighted by Crippen LogP contribution is -2.10. The number of carbonyl (C=O) groups excluding carboxylic acids is 1. The van der Waals surface area contributed by atoms with Crippen molar-refractivity contribution in [2.75, 3.05) is 0 Å². The van der Waals surface area contributed by atoms with Gasteiger partial charge in [-0.25, -0.2) is 4.79 Å². The van der Waals surface area contributed by atoms with Crippen LogP contribution in [0.1, 0.15) is 10.4 Å². The number of halogens is 2. The summed E-state index contributed by atoms with van der Waals surface area (Å²) in [7, 11) is 0. The van der Waals surface area contributed by atoms with E-state index in [2.05, 4.69) is 10.2 Å². The Kier molecular flexibility index (Phi) is 4.55. The molecule has 3 rings (SSSR count). The molecule has 0 unspecified atom stereocenters. The predicted molar refractivity (Wildman–Crippen MR) is 88.9 cm³/mol. The molecule has 0 bridgehead atoms. The third-order valence-corrected chi connectivity index (χ3v) is 3.50. The maximum atomic E-state index is 12.3. The van der Waals surface area contributed by atoms with E-state index in [0.717, 1.165) is 5.56 Å². The molecule has 4 nitrogen and oxygen atoms in total. The second-order valence-corrected chi connectivity index (χ2v) is 5.47. The Balaban J connectivity index is 1.94. The summed E-state index contributed by atoms with van der Waals surface area (Å²) in [5, 5.41) is 8.53. The standard InChI is InChI=1S/C17H10Cl2N2O2/c18-13-8-6-12(7-9-13)17(22)23-14-10-15(19)20-21-16(14)11-4-2-1-3-5-11/h1-10H. The summed E-state index contributed by atoms with van der Waals surface area (Å²) in [5.74, 6) is -0.279. The molecule has 0 N–H and O–H groups in total. The fourth-order valence-corrected chi connectivity index (χ4v) is 2.23. The van der Waals surface area contributed by atoms with Crippen molar-refractivity contribution in [1.82, 2.24) is 10.2 Å². The summed E-state index contributed by atoms with van der Waals surface area (Å²) in [5.41, 5.74) is 1.59. The monoisotopic (exact) mass is 344 g/mol. The van der Waals surface area contributed by atoms with Crippen molar-refractivity contribution >= 4 is 29.2 Å². The minimum absolute atomic E-state index is 0.142. The summed E-state index contributed by atoms with van der Waals surface area (Å²) in [6, 6.07) is 17.2. The van der Waals surface area contributed by atoms with Gasteiger partial charge in [-0.2, -0.15) is 0 Å². The van der Waals surface area contributed by atoms with E-state index in [0.29, 0.717) is 16.3 Å². The van der Waals surface area contributed by atoms with Crippen LogP contribution in [0.2, 0.25) is 10.2 Å². The summed E-state index contributed by atoms with van der Waals surface area (Å²) >= 11 is 11.7. The number of nitrogens with zero attached hydrogens (tertiary/aromatic N) is 2. The first-order valence-electron chi connectivity index (χ1n) is 6.70. The fourth-order valence-electron chi connectivity index (χ4n) is 1.97. The van der Waals surface area contributed by atoms with Gasteiger partial charge in [-0.05, 0) is 24.3 Å². The van der Waals surface area contributed by atoms with E-state index in [9.17, 15) is 4.79 Å². The van der Waals surface area contributed by atoms with Crippen molar-refractivity contribution in [3.63, 3.8) is 0 Å². The van der Waals surface area contributed by atoms with Gasteiger partial charge in [0.15, 0.2) is 10.9 Å². The van der Waals surface area contributed by atoms with Gasteiger partial charge in [-0.15, -0.1) is 10.2 Å². The number of rotatable bonds is 3. The molecule has 0 atom stereocenters. The maximum Gasteiger partial charge on any atom is 0.343 e. The number of ether oxygens (including phenoxy) is 1. The van der Waals surface area contributed by atoms with Crippen LogP contribution in [0.4, 0.5) is 0 Å². The van der Waals surface area contributed by atoms with Gasteiger partial charge in [-0.1, -0.05) is 53.5 Å². The Morgan fingerprint density at radius 2 is 1.61 bits per heavy atom. The fraction of sp³-hybridized carbons (Fsp3) is 0. The van der Waals surface area contributed by atoms with Crippen molar-refractivity contribution in [2.24, 2.45) is 0 Å². The summed E-state index contributed by atoms with van der Waals surface area (Å²) < 4.78 is 5.44. The molecule has 0 spiro atoms. The van der Waals surface area contributed by atoms with Crippen LogP contribution >= 0.6 is 23.2 Å². The summed E-state index contributed by atoms with van der Waals surface area (Å²) in [6.07, 6.45) is 0. The SMILES string of the molecule is O=C(Oc1cc(Cl)nnc1-c1ccccc1)c1ccc(Cl)cc1. The minimum atomic E-state index is -0.525. The van der Waals surface area contributed by atoms with Gasteiger partial charge >= 0.3 is 5.97 Å². The lowest BCUT2D eigenvalue weighted by Gasteiger charge is -2.09. The maximum absolute atomic E-state index is 12.3. The van der Waals surface area contributed by atoms with Crippen LogP contribution in [-0.4, -0.2) is 16.2 Å². The van der Waals surface area contributed by atoms with Crippen molar-refractivity contribution in [3.8, 4) is 17.0 Å². The van der Waals surface area contributed by atoms with Crippen molar-refractivity contribution in [2.45, 2.75) is 0 Å². The van der Waals surface area contributed by atoms with Gasteiger partial charge in [0.05, 0.1) is 5.56 Å². The molecule has 1 heterocycles. The van der Waals surface area contributed by atoms with Gasteiger partial charge in [-0.3, -0.25) is 0 Å². The van der Waals surface area contributed by atoms with Crippen molar-refractivity contribution in [3.05, 3.63) is 76.4 Å². The van der Waals surface area contributed by atoms with E-state index in [1.165, 1.54) is 6.07 Å². The first kappa shape index (κ1) is 15.5. The first-order valence-corrected chi connectivity index (χ1v) is 7.45. The molecule has 114 valence electrons. The Labute approximate surface area is 142 Å². The van der Waals surface area contributed by atoms with Crippen LogP contribution in [0.25, 0.3) is 11.3 Å². The molecule has 0 radical (unpaired) electrons. The van der Waals surface area contributed by atoms with Gasteiger partial charge in [0, 0.05) is 16.7 Å². The normalized spacial score (nSPS) is 10.3. The third kappa shape index (κ3) is 3.67. The number of carbonyl (C=O) groups is 1. The Morgan fingerprint density at radius 1 is 0.913 bits per heavy atom. The van der Waals surface area contributed by atoms with Crippen LogP contribution in [0.3, 0.4) is 0 Å². The van der Waals surface area contributed by atoms with Gasteiger partial charge < -0.3 is 4.74 Å². The molecular weight excluding hydrogens is 335 g/mol. The molecule has 3 aromatic rings. The van der Waals surface area contributed by atoms with E-state index in [4.69, 9.17) is 27.9 Å². The highest BCUT2D eigenvalue weighted by molar-refractivity contribution is 6.30. The molecule has 0 aliphatic heterocycles. The molecule has 0 amide bonds. The van der Waals surface area contributed by atoms with E-state index in [-0.39, 0.29) is 10.9 Å². The predicted octanol–water partition coefficient (Wildman–Crippen LogP) is 4.67. The highest BCUT2D eigenvalue weighted by Crippen LogP contribution is 2.29. The molecule has 0 aliphatic rings. The molecular formula is C17H10Cl2N2O2. The Hall–Kier alpha value is -2.43. The molecule has 0 saturated carbocycles. The van der Waals surface area contributed by atoms with Crippen LogP contribution < -0.4 is 4.74 Å². The second kappa shape index (κ2) is 6.77. The number of hydrogen-bond acceptors (Lipinski definition) is 4. The average molecular weight is 345 g/mol. The molecule has 6 heteroatoms. The van der Waals surface area contributed by atoms with Crippen molar-refractivity contribution in [1.29, 1.82) is 0 Å². The number of aromatic nitrogens is 2. The molecule has 23 heavy (non-hydrogen) atoms. The number of benzene rings is 2. The van der Waals surface area contributed by atoms with Gasteiger partial charge in [0.1, 0.15) is 5.69 Å². The highest BCUT2D eigenvalue weighted by Gasteiger charge is 2.15. The lowest BCUT2D eigenvalue weighted by atomic mass is 10.1. The molecule has 2 aromatic carbocycles. The molecule has 0 aliphatic carbocycles. The largest absolute Gasteiger partial charge is 0.420 e. The molecule has 1 aromatic heterocycles. The minimum Gasteiger partial charge on any atom is -0.420 e. The number of hydrogen-bond donors (Lipinski definition) is 0. The number of esters is 1. The summed E-state index contributed by atoms with van der Waals surface area (Å²) in [4.78, 5) is 12.3. The van der Waals surface area contributed by atoms with Crippen LogP contribution in [0.5, 0.6) is 5.75 Å². The van der Waals surface area contributed by atoms with Gasteiger partial charge in [0.25, 0.3) is 0 Å². The highest BCUT2D eigenvalue weighted by atomic mass is 35.5. The van der Waals surface area contributed by atoms with Crippen LogP contribution in [-0.2, 0) is 0 Å². The third-order valence-electron chi connectivity index (χ3n) is 3.06. The zero-order valence-electron chi connectivity index (χ0n) is 11.7. The van der Waals surface area contributed by atoms with E-state index < -0.39 is 5.97 Å². The average Bonchev–Trinajstić information content (AvgIpc) is 2.56. The topological polar surface area (TPSA) is 52.1 Å². The van der Waals surface area contributed by atoms with E-state index in [1.54, 1.807) is 24.3 Å². The smallest absolute Gasteiger partial charge is 0.343 e. The Bertz CT molecular complexity index is 837. The van der Waals surface area contributed by atoms with E-state index >= 15 is 0 Å². The van der Waals surface area contributed by atoms with Gasteiger partial charge in [0.2, 0.25) is 0 Å². The van der Waals surface area contributed by atoms with Crippen LogP contribution in [0, 0.1) is 0 Å². The molecule has 0 fully saturated rings. The molecule has 0 saturated heterocycles. The van der Waals surface area contributed by atoms with Crippen molar-refractivity contribution < 1.29 is 9.53 Å². The lowest BCUT2D eigenvalue weighted by molar-refractivity contribution is 0.0735. The van der Waals surface area contributed by atoms with Crippen LogP contribution in [0.15, 0.2) is 60.7 Å². The zero-order valence-corrected chi connectivity index (χ0v) is 13.3. The van der Waals surface area contributed by atoms with E-state index in [1.807, 2.05) is 30.3 Å². The zero-order chi connectivity index (χ0) is 16.2. The summed E-state index contributed by atoms with van der Waals surface area (Å²) in [6.45, 7) is 0. The quantitative estimate of drug-likeness (QED) is 0.648.